The van der Waals surface area contributed by atoms with Crippen molar-refractivity contribution in [2.45, 2.75) is 33.2 Å². The van der Waals surface area contributed by atoms with Crippen LogP contribution in [-0.4, -0.2) is 31.9 Å². The van der Waals surface area contributed by atoms with Gasteiger partial charge in [0.2, 0.25) is 0 Å². The van der Waals surface area contributed by atoms with Crippen LogP contribution in [0, 0.1) is 13.8 Å². The summed E-state index contributed by atoms with van der Waals surface area (Å²) in [4.78, 5) is 23.7. The first-order valence-corrected chi connectivity index (χ1v) is 8.42. The van der Waals surface area contributed by atoms with Gasteiger partial charge in [0.15, 0.2) is 5.82 Å². The molecule has 7 nitrogen and oxygen atoms in total. The first-order chi connectivity index (χ1) is 12.5. The summed E-state index contributed by atoms with van der Waals surface area (Å²) in [7, 11) is 0. The number of hydrogen-bond donors (Lipinski definition) is 2. The Morgan fingerprint density at radius 2 is 2.00 bits per heavy atom. The summed E-state index contributed by atoms with van der Waals surface area (Å²) < 4.78 is 1.52. The van der Waals surface area contributed by atoms with E-state index < -0.39 is 0 Å². The van der Waals surface area contributed by atoms with Crippen LogP contribution >= 0.6 is 0 Å². The Labute approximate surface area is 151 Å². The number of amides is 1. The molecule has 1 aromatic carbocycles. The van der Waals surface area contributed by atoms with Gasteiger partial charge < -0.3 is 5.32 Å². The van der Waals surface area contributed by atoms with Gasteiger partial charge in [-0.05, 0) is 44.4 Å². The van der Waals surface area contributed by atoms with Crippen LogP contribution < -0.4 is 10.9 Å². The lowest BCUT2D eigenvalue weighted by molar-refractivity contribution is 0.0939. The summed E-state index contributed by atoms with van der Waals surface area (Å²) >= 11 is 0. The van der Waals surface area contributed by atoms with Gasteiger partial charge in [0.25, 0.3) is 11.5 Å². The van der Waals surface area contributed by atoms with Gasteiger partial charge in [-0.1, -0.05) is 24.3 Å². The molecule has 1 amide bonds. The molecule has 134 valence electrons. The molecule has 0 aliphatic carbocycles. The molecule has 26 heavy (non-hydrogen) atoms. The van der Waals surface area contributed by atoms with Gasteiger partial charge in [-0.3, -0.25) is 9.59 Å². The van der Waals surface area contributed by atoms with Crippen molar-refractivity contribution in [3.05, 3.63) is 75.3 Å². The highest BCUT2D eigenvalue weighted by atomic mass is 16.1. The number of aromatic amines is 1. The Morgan fingerprint density at radius 3 is 2.69 bits per heavy atom. The first-order valence-electron chi connectivity index (χ1n) is 8.42. The van der Waals surface area contributed by atoms with Gasteiger partial charge in [-0.2, -0.15) is 10.2 Å². The molecule has 1 atom stereocenters. The van der Waals surface area contributed by atoms with E-state index >= 15 is 0 Å². The van der Waals surface area contributed by atoms with Crippen molar-refractivity contribution in [2.75, 3.05) is 0 Å². The predicted molar refractivity (Wildman–Crippen MR) is 98.5 cm³/mol. The molecule has 0 radical (unpaired) electrons. The molecule has 7 heteroatoms. The van der Waals surface area contributed by atoms with E-state index in [-0.39, 0.29) is 17.5 Å². The molecular weight excluding hydrogens is 330 g/mol. The third kappa shape index (κ3) is 3.72. The van der Waals surface area contributed by atoms with Crippen molar-refractivity contribution in [3.63, 3.8) is 0 Å². The molecular formula is C19H21N5O2. The summed E-state index contributed by atoms with van der Waals surface area (Å²) in [5, 5.41) is 13.5. The van der Waals surface area contributed by atoms with Crippen LogP contribution in [-0.2, 0) is 6.42 Å². The topological polar surface area (TPSA) is 92.7 Å². The average Bonchev–Trinajstić information content (AvgIpc) is 2.99. The molecule has 2 N–H and O–H groups in total. The normalized spacial score (nSPS) is 12.0. The van der Waals surface area contributed by atoms with Crippen molar-refractivity contribution in [1.29, 1.82) is 0 Å². The second-order valence-electron chi connectivity index (χ2n) is 6.34. The number of nitrogens with one attached hydrogen (secondary N) is 2. The highest BCUT2D eigenvalue weighted by molar-refractivity contribution is 5.95. The van der Waals surface area contributed by atoms with E-state index in [9.17, 15) is 9.59 Å². The minimum atomic E-state index is -0.290. The van der Waals surface area contributed by atoms with Crippen molar-refractivity contribution < 1.29 is 4.79 Å². The van der Waals surface area contributed by atoms with Gasteiger partial charge in [-0.25, -0.2) is 9.78 Å². The van der Waals surface area contributed by atoms with E-state index in [2.05, 4.69) is 39.7 Å². The molecule has 0 unspecified atom stereocenters. The molecule has 0 aliphatic rings. The Balaban J connectivity index is 1.73. The lowest BCUT2D eigenvalue weighted by Crippen LogP contribution is -2.34. The fourth-order valence-electron chi connectivity index (χ4n) is 2.84. The van der Waals surface area contributed by atoms with Crippen LogP contribution in [0.2, 0.25) is 0 Å². The molecule has 3 aromatic rings. The maximum atomic E-state index is 12.6. The molecule has 3 rings (SSSR count). The molecule has 0 bridgehead atoms. The minimum absolute atomic E-state index is 0.0162. The minimum Gasteiger partial charge on any atom is -0.349 e. The molecule has 0 spiro atoms. The van der Waals surface area contributed by atoms with Gasteiger partial charge in [0.05, 0.1) is 17.5 Å². The summed E-state index contributed by atoms with van der Waals surface area (Å²) in [5.41, 5.74) is 3.27. The Morgan fingerprint density at radius 1 is 1.23 bits per heavy atom. The van der Waals surface area contributed by atoms with E-state index in [4.69, 9.17) is 0 Å². The van der Waals surface area contributed by atoms with E-state index in [1.54, 1.807) is 13.0 Å². The maximum absolute atomic E-state index is 12.6. The maximum Gasteiger partial charge on any atom is 0.264 e. The number of rotatable bonds is 5. The molecule has 2 heterocycles. The number of carbonyl (C=O) groups excluding carboxylic acids is 1. The molecule has 2 aromatic heterocycles. The van der Waals surface area contributed by atoms with Gasteiger partial charge in [0.1, 0.15) is 0 Å². The zero-order chi connectivity index (χ0) is 18.7. The van der Waals surface area contributed by atoms with Crippen LogP contribution in [0.3, 0.4) is 0 Å². The lowest BCUT2D eigenvalue weighted by atomic mass is 10.0. The van der Waals surface area contributed by atoms with Crippen molar-refractivity contribution >= 4 is 5.91 Å². The quantitative estimate of drug-likeness (QED) is 0.735. The van der Waals surface area contributed by atoms with Crippen LogP contribution in [0.25, 0.3) is 5.82 Å². The highest BCUT2D eigenvalue weighted by Gasteiger charge is 2.18. The monoisotopic (exact) mass is 351 g/mol. The van der Waals surface area contributed by atoms with Gasteiger partial charge in [0, 0.05) is 12.1 Å². The van der Waals surface area contributed by atoms with E-state index in [1.807, 2.05) is 19.1 Å². The van der Waals surface area contributed by atoms with Crippen LogP contribution in [0.1, 0.15) is 34.1 Å². The third-order valence-electron chi connectivity index (χ3n) is 4.30. The van der Waals surface area contributed by atoms with Gasteiger partial charge in [-0.15, -0.1) is 0 Å². The molecule has 0 saturated heterocycles. The third-order valence-corrected chi connectivity index (χ3v) is 4.30. The highest BCUT2D eigenvalue weighted by Crippen LogP contribution is 2.13. The SMILES string of the molecule is Cc1ccccc1C[C@H](C)NC(=O)c1cnn(-c2ccc(=O)[nH]n2)c1C. The van der Waals surface area contributed by atoms with Crippen LogP contribution in [0.4, 0.5) is 0 Å². The van der Waals surface area contributed by atoms with Crippen molar-refractivity contribution in [1.82, 2.24) is 25.3 Å². The van der Waals surface area contributed by atoms with Gasteiger partial charge >= 0.3 is 0 Å². The number of hydrogen-bond acceptors (Lipinski definition) is 4. The second-order valence-corrected chi connectivity index (χ2v) is 6.34. The second kappa shape index (κ2) is 7.35. The fraction of sp³-hybridized carbons (Fsp3) is 0.263. The summed E-state index contributed by atoms with van der Waals surface area (Å²) in [6.45, 7) is 5.84. The number of carbonyl (C=O) groups is 1. The number of nitrogens with zero attached hydrogens (tertiary/aromatic N) is 3. The number of benzene rings is 1. The Bertz CT molecular complexity index is 969. The number of aryl methyl sites for hydroxylation is 1. The standard InChI is InChI=1S/C19H21N5O2/c1-12-6-4-5-7-15(12)10-13(2)21-19(26)16-11-20-24(14(16)3)17-8-9-18(25)23-22-17/h4-9,11,13H,10H2,1-3H3,(H,21,26)(H,23,25)/t13-/m0/s1. The Hall–Kier alpha value is -3.22. The molecule has 0 fully saturated rings. The number of H-pyrrole nitrogens is 1. The smallest absolute Gasteiger partial charge is 0.264 e. The van der Waals surface area contributed by atoms with Crippen molar-refractivity contribution in [3.8, 4) is 5.82 Å². The first kappa shape index (κ1) is 17.6. The van der Waals surface area contributed by atoms with Crippen LogP contribution in [0.15, 0.2) is 47.4 Å². The van der Waals surface area contributed by atoms with E-state index in [1.165, 1.54) is 28.1 Å². The largest absolute Gasteiger partial charge is 0.349 e. The van der Waals surface area contributed by atoms with Crippen LogP contribution in [0.5, 0.6) is 0 Å². The zero-order valence-electron chi connectivity index (χ0n) is 15.0. The Kier molecular flexibility index (Phi) is 4.97. The van der Waals surface area contributed by atoms with E-state index in [0.717, 1.165) is 6.42 Å². The average molecular weight is 351 g/mol. The fourth-order valence-corrected chi connectivity index (χ4v) is 2.84. The van der Waals surface area contributed by atoms with Crippen molar-refractivity contribution in [2.24, 2.45) is 0 Å². The zero-order valence-corrected chi connectivity index (χ0v) is 15.0. The molecule has 0 aliphatic heterocycles. The number of aromatic nitrogens is 4. The molecule has 0 saturated carbocycles. The summed E-state index contributed by atoms with van der Waals surface area (Å²) in [6, 6.07) is 11.1. The predicted octanol–water partition coefficient (Wildman–Crippen LogP) is 1.93. The lowest BCUT2D eigenvalue weighted by Gasteiger charge is -2.15. The van der Waals surface area contributed by atoms with E-state index in [0.29, 0.717) is 17.1 Å². The summed E-state index contributed by atoms with van der Waals surface area (Å²) in [6.07, 6.45) is 2.27. The summed E-state index contributed by atoms with van der Waals surface area (Å²) in [5.74, 6) is 0.272.